The van der Waals surface area contributed by atoms with E-state index in [4.69, 9.17) is 9.47 Å². The average Bonchev–Trinajstić information content (AvgIpc) is 2.74. The Morgan fingerprint density at radius 2 is 1.34 bits per heavy atom. The predicted molar refractivity (Wildman–Crippen MR) is 111 cm³/mol. The third kappa shape index (κ3) is 6.76. The number of carbonyl (C=O) groups is 2. The molecular formula is C21H24N4O4. The van der Waals surface area contributed by atoms with E-state index < -0.39 is 17.7 Å². The highest BCUT2D eigenvalue weighted by molar-refractivity contribution is 6.00. The lowest BCUT2D eigenvalue weighted by Crippen LogP contribution is -2.37. The Morgan fingerprint density at radius 3 is 1.72 bits per heavy atom. The zero-order valence-corrected chi connectivity index (χ0v) is 16.6. The van der Waals surface area contributed by atoms with Crippen molar-refractivity contribution >= 4 is 24.2 Å². The Kier molecular flexibility index (Phi) is 8.37. The Labute approximate surface area is 169 Å². The van der Waals surface area contributed by atoms with Crippen LogP contribution in [0.25, 0.3) is 0 Å². The van der Waals surface area contributed by atoms with E-state index in [0.717, 1.165) is 11.1 Å². The summed E-state index contributed by atoms with van der Waals surface area (Å²) in [7, 11) is 3.14. The summed E-state index contributed by atoms with van der Waals surface area (Å²) in [4.78, 5) is 24.5. The van der Waals surface area contributed by atoms with Crippen LogP contribution in [-0.2, 0) is 9.59 Å². The first-order valence-corrected chi connectivity index (χ1v) is 9.01. The Balaban J connectivity index is 1.91. The molecule has 0 saturated heterocycles. The lowest BCUT2D eigenvalue weighted by molar-refractivity contribution is -0.135. The summed E-state index contributed by atoms with van der Waals surface area (Å²) in [6.45, 7) is 1.74. The number of benzene rings is 2. The van der Waals surface area contributed by atoms with Gasteiger partial charge < -0.3 is 9.47 Å². The third-order valence-electron chi connectivity index (χ3n) is 4.01. The van der Waals surface area contributed by atoms with E-state index in [9.17, 15) is 9.59 Å². The second-order valence-electron chi connectivity index (χ2n) is 5.98. The molecule has 8 heteroatoms. The van der Waals surface area contributed by atoms with Crippen LogP contribution < -0.4 is 20.3 Å². The van der Waals surface area contributed by atoms with Crippen LogP contribution >= 0.6 is 0 Å². The number of nitrogens with zero attached hydrogens (tertiary/aromatic N) is 2. The molecule has 29 heavy (non-hydrogen) atoms. The molecule has 2 rings (SSSR count). The molecule has 0 aliphatic heterocycles. The van der Waals surface area contributed by atoms with Gasteiger partial charge in [0.25, 0.3) is 11.8 Å². The van der Waals surface area contributed by atoms with Crippen molar-refractivity contribution in [2.45, 2.75) is 13.3 Å². The number of nitrogens with one attached hydrogen (secondary N) is 2. The highest BCUT2D eigenvalue weighted by Gasteiger charge is 2.24. The molecule has 2 N–H and O–H groups in total. The lowest BCUT2D eigenvalue weighted by atomic mass is 10.1. The minimum atomic E-state index is -0.917. The molecule has 2 aromatic rings. The molecule has 152 valence electrons. The summed E-state index contributed by atoms with van der Waals surface area (Å²) in [6, 6.07) is 14.4. The SMILES string of the molecule is CCC(C(=O)N/N=C\c1cccc(OC)c1)C(=O)N/N=C\c1cccc(OC)c1. The van der Waals surface area contributed by atoms with Crippen LogP contribution in [0.15, 0.2) is 58.7 Å². The van der Waals surface area contributed by atoms with Crippen LogP contribution in [0, 0.1) is 5.92 Å². The van der Waals surface area contributed by atoms with Crippen molar-refractivity contribution < 1.29 is 19.1 Å². The van der Waals surface area contributed by atoms with Crippen molar-refractivity contribution in [2.24, 2.45) is 16.1 Å². The van der Waals surface area contributed by atoms with Crippen molar-refractivity contribution in [2.75, 3.05) is 14.2 Å². The average molecular weight is 396 g/mol. The molecular weight excluding hydrogens is 372 g/mol. The molecule has 0 radical (unpaired) electrons. The highest BCUT2D eigenvalue weighted by Crippen LogP contribution is 2.11. The van der Waals surface area contributed by atoms with Crippen LogP contribution in [0.3, 0.4) is 0 Å². The number of amides is 2. The van der Waals surface area contributed by atoms with E-state index in [1.54, 1.807) is 45.4 Å². The first kappa shape index (κ1) is 21.6. The summed E-state index contributed by atoms with van der Waals surface area (Å²) in [5, 5.41) is 7.81. The van der Waals surface area contributed by atoms with Crippen molar-refractivity contribution in [3.05, 3.63) is 59.7 Å². The Bertz CT molecular complexity index is 824. The molecule has 0 unspecified atom stereocenters. The van der Waals surface area contributed by atoms with E-state index in [-0.39, 0.29) is 0 Å². The Hall–Kier alpha value is -3.68. The maximum atomic E-state index is 12.3. The minimum absolute atomic E-state index is 0.307. The topological polar surface area (TPSA) is 101 Å². The van der Waals surface area contributed by atoms with E-state index in [1.807, 2.05) is 24.3 Å². The van der Waals surface area contributed by atoms with Crippen molar-refractivity contribution in [3.8, 4) is 11.5 Å². The van der Waals surface area contributed by atoms with Crippen LogP contribution in [0.5, 0.6) is 11.5 Å². The molecule has 2 aromatic carbocycles. The van der Waals surface area contributed by atoms with E-state index >= 15 is 0 Å². The number of hydrogen-bond donors (Lipinski definition) is 2. The van der Waals surface area contributed by atoms with Gasteiger partial charge in [-0.1, -0.05) is 31.2 Å². The fourth-order valence-electron chi connectivity index (χ4n) is 2.43. The molecule has 0 atom stereocenters. The van der Waals surface area contributed by atoms with Crippen LogP contribution in [0.1, 0.15) is 24.5 Å². The number of hydrazone groups is 2. The summed E-state index contributed by atoms with van der Waals surface area (Å²) in [5.41, 5.74) is 6.28. The first-order valence-electron chi connectivity index (χ1n) is 9.01. The molecule has 0 saturated carbocycles. The van der Waals surface area contributed by atoms with Gasteiger partial charge in [-0.3, -0.25) is 9.59 Å². The van der Waals surface area contributed by atoms with Gasteiger partial charge in [0.05, 0.1) is 26.6 Å². The molecule has 0 spiro atoms. The van der Waals surface area contributed by atoms with Crippen molar-refractivity contribution in [3.63, 3.8) is 0 Å². The number of methoxy groups -OCH3 is 2. The van der Waals surface area contributed by atoms with Gasteiger partial charge in [-0.05, 0) is 41.8 Å². The van der Waals surface area contributed by atoms with Gasteiger partial charge in [0.15, 0.2) is 0 Å². The molecule has 0 aromatic heterocycles. The van der Waals surface area contributed by atoms with Crippen LogP contribution in [0.2, 0.25) is 0 Å². The van der Waals surface area contributed by atoms with E-state index in [2.05, 4.69) is 21.1 Å². The van der Waals surface area contributed by atoms with Gasteiger partial charge in [0, 0.05) is 0 Å². The highest BCUT2D eigenvalue weighted by atomic mass is 16.5. The number of rotatable bonds is 9. The van der Waals surface area contributed by atoms with Crippen molar-refractivity contribution in [1.82, 2.24) is 10.9 Å². The molecule has 0 aliphatic carbocycles. The van der Waals surface area contributed by atoms with Gasteiger partial charge in [-0.25, -0.2) is 10.9 Å². The molecule has 2 amide bonds. The third-order valence-corrected chi connectivity index (χ3v) is 4.01. The summed E-state index contributed by atoms with van der Waals surface area (Å²) in [5.74, 6) is -0.582. The maximum Gasteiger partial charge on any atom is 0.252 e. The monoisotopic (exact) mass is 396 g/mol. The maximum absolute atomic E-state index is 12.3. The predicted octanol–water partition coefficient (Wildman–Crippen LogP) is 2.33. The molecule has 0 heterocycles. The summed E-state index contributed by atoms with van der Waals surface area (Å²) in [6.07, 6.45) is 3.26. The summed E-state index contributed by atoms with van der Waals surface area (Å²) >= 11 is 0. The quantitative estimate of drug-likeness (QED) is 0.386. The number of hydrogen-bond acceptors (Lipinski definition) is 6. The fraction of sp³-hybridized carbons (Fsp3) is 0.238. The summed E-state index contributed by atoms with van der Waals surface area (Å²) < 4.78 is 10.3. The second kappa shape index (κ2) is 11.2. The van der Waals surface area contributed by atoms with Gasteiger partial charge in [-0.15, -0.1) is 0 Å². The second-order valence-corrected chi connectivity index (χ2v) is 5.98. The smallest absolute Gasteiger partial charge is 0.252 e. The van der Waals surface area contributed by atoms with E-state index in [1.165, 1.54) is 12.4 Å². The molecule has 0 bridgehead atoms. The van der Waals surface area contributed by atoms with Crippen LogP contribution in [-0.4, -0.2) is 38.5 Å². The van der Waals surface area contributed by atoms with Crippen molar-refractivity contribution in [1.29, 1.82) is 0 Å². The normalized spacial score (nSPS) is 11.0. The van der Waals surface area contributed by atoms with E-state index in [0.29, 0.717) is 17.9 Å². The number of ether oxygens (including phenoxy) is 2. The number of carbonyl (C=O) groups excluding carboxylic acids is 2. The lowest BCUT2D eigenvalue weighted by Gasteiger charge is -2.10. The van der Waals surface area contributed by atoms with Crippen LogP contribution in [0.4, 0.5) is 0 Å². The molecule has 0 aliphatic rings. The fourth-order valence-corrected chi connectivity index (χ4v) is 2.43. The Morgan fingerprint density at radius 1 is 0.897 bits per heavy atom. The zero-order valence-electron chi connectivity index (χ0n) is 16.6. The van der Waals surface area contributed by atoms with Gasteiger partial charge in [-0.2, -0.15) is 10.2 Å². The largest absolute Gasteiger partial charge is 0.497 e. The van der Waals surface area contributed by atoms with Gasteiger partial charge in [0.2, 0.25) is 0 Å². The molecule has 0 fully saturated rings. The first-order chi connectivity index (χ1) is 14.1. The van der Waals surface area contributed by atoms with Gasteiger partial charge >= 0.3 is 0 Å². The minimum Gasteiger partial charge on any atom is -0.497 e. The zero-order chi connectivity index (χ0) is 21.1. The molecule has 8 nitrogen and oxygen atoms in total. The standard InChI is InChI=1S/C21H24N4O4/c1-4-19(20(26)24-22-13-15-7-5-9-17(11-15)28-2)21(27)25-23-14-16-8-6-10-18(12-16)29-3/h5-14,19H,4H2,1-3H3,(H,24,26)(H,25,27)/b22-13-,23-14-. The van der Waals surface area contributed by atoms with Gasteiger partial charge in [0.1, 0.15) is 17.4 Å².